The molecule has 25 heavy (non-hydrogen) atoms. The Bertz CT molecular complexity index is 660. The average Bonchev–Trinajstić information content (AvgIpc) is 2.64. The van der Waals surface area contributed by atoms with Gasteiger partial charge in [-0.2, -0.15) is 0 Å². The minimum atomic E-state index is -0.834. The highest BCUT2D eigenvalue weighted by molar-refractivity contribution is 9.10. The first-order valence-electron chi connectivity index (χ1n) is 7.12. The van der Waals surface area contributed by atoms with Crippen LogP contribution in [-0.4, -0.2) is 44.2 Å². The van der Waals surface area contributed by atoms with E-state index in [1.165, 1.54) is 0 Å². The molecule has 2 amide bonds. The fourth-order valence-electron chi connectivity index (χ4n) is 1.57. The fourth-order valence-corrected chi connectivity index (χ4v) is 1.83. The van der Waals surface area contributed by atoms with Crippen LogP contribution in [0.15, 0.2) is 40.8 Å². The molecule has 1 heterocycles. The lowest BCUT2D eigenvalue weighted by atomic mass is 10.3. The van der Waals surface area contributed by atoms with Gasteiger partial charge in [0.1, 0.15) is 25.2 Å². The number of carbonyl (C=O) groups excluding carboxylic acids is 3. The number of benzene rings is 1. The smallest absolute Gasteiger partial charge is 0.377 e. The monoisotopic (exact) mass is 414 g/mol. The Labute approximate surface area is 151 Å². The second-order valence-electron chi connectivity index (χ2n) is 4.62. The van der Waals surface area contributed by atoms with Gasteiger partial charge in [0.15, 0.2) is 13.2 Å². The molecule has 1 aliphatic heterocycles. The topological polar surface area (TPSA) is 112 Å². The van der Waals surface area contributed by atoms with Gasteiger partial charge >= 0.3 is 5.97 Å². The van der Waals surface area contributed by atoms with Crippen molar-refractivity contribution in [1.82, 2.24) is 10.9 Å². The van der Waals surface area contributed by atoms with Crippen LogP contribution in [0.3, 0.4) is 0 Å². The molecule has 2 N–H and O–H groups in total. The molecule has 2 rings (SSSR count). The number of nitrogens with one attached hydrogen (secondary N) is 2. The van der Waals surface area contributed by atoms with Gasteiger partial charge in [0.25, 0.3) is 11.8 Å². The number of esters is 1. The van der Waals surface area contributed by atoms with Gasteiger partial charge in [0.2, 0.25) is 5.76 Å². The molecule has 0 aromatic heterocycles. The standard InChI is InChI=1S/C15H15BrN2O7/c16-10-1-3-11(4-2-10)24-8-13(19)17-18-14(20)9-25-15(21)12-7-22-5-6-23-12/h1-4,7H,5-6,8-9H2,(H,17,19)(H,18,20). The van der Waals surface area contributed by atoms with E-state index >= 15 is 0 Å². The molecule has 0 radical (unpaired) electrons. The van der Waals surface area contributed by atoms with Gasteiger partial charge in [-0.05, 0) is 24.3 Å². The van der Waals surface area contributed by atoms with E-state index in [1.807, 2.05) is 0 Å². The fraction of sp³-hybridized carbons (Fsp3) is 0.267. The molecule has 9 nitrogen and oxygen atoms in total. The molecule has 1 aromatic carbocycles. The second-order valence-corrected chi connectivity index (χ2v) is 5.53. The van der Waals surface area contributed by atoms with Crippen LogP contribution in [0.25, 0.3) is 0 Å². The summed E-state index contributed by atoms with van der Waals surface area (Å²) >= 11 is 3.28. The molecule has 0 atom stereocenters. The minimum Gasteiger partial charge on any atom is -0.493 e. The Morgan fingerprint density at radius 1 is 1.04 bits per heavy atom. The van der Waals surface area contributed by atoms with Crippen molar-refractivity contribution in [3.05, 3.63) is 40.8 Å². The maximum atomic E-state index is 11.6. The third-order valence-corrected chi connectivity index (χ3v) is 3.24. The number of carbonyl (C=O) groups is 3. The number of hydrogen-bond donors (Lipinski definition) is 2. The Kier molecular flexibility index (Phi) is 7.08. The van der Waals surface area contributed by atoms with Crippen molar-refractivity contribution in [1.29, 1.82) is 0 Å². The Hall–Kier alpha value is -2.75. The lowest BCUT2D eigenvalue weighted by Crippen LogP contribution is -2.45. The zero-order chi connectivity index (χ0) is 18.1. The third kappa shape index (κ3) is 6.71. The van der Waals surface area contributed by atoms with Crippen LogP contribution in [0.1, 0.15) is 0 Å². The summed E-state index contributed by atoms with van der Waals surface area (Å²) in [6, 6.07) is 6.89. The van der Waals surface area contributed by atoms with E-state index in [1.54, 1.807) is 24.3 Å². The molecule has 0 unspecified atom stereocenters. The molecule has 0 aliphatic carbocycles. The van der Waals surface area contributed by atoms with E-state index in [4.69, 9.17) is 18.9 Å². The first-order valence-corrected chi connectivity index (χ1v) is 7.91. The molecular weight excluding hydrogens is 400 g/mol. The molecule has 10 heteroatoms. The van der Waals surface area contributed by atoms with Crippen LogP contribution < -0.4 is 15.6 Å². The number of hydrogen-bond acceptors (Lipinski definition) is 7. The molecule has 0 bridgehead atoms. The summed E-state index contributed by atoms with van der Waals surface area (Å²) in [7, 11) is 0. The van der Waals surface area contributed by atoms with Gasteiger partial charge < -0.3 is 18.9 Å². The zero-order valence-electron chi connectivity index (χ0n) is 13.0. The highest BCUT2D eigenvalue weighted by Gasteiger charge is 2.18. The molecule has 134 valence electrons. The van der Waals surface area contributed by atoms with E-state index in [0.29, 0.717) is 12.4 Å². The highest BCUT2D eigenvalue weighted by Crippen LogP contribution is 2.15. The first kappa shape index (κ1) is 18.6. The lowest BCUT2D eigenvalue weighted by molar-refractivity contribution is -0.149. The van der Waals surface area contributed by atoms with E-state index < -0.39 is 24.4 Å². The van der Waals surface area contributed by atoms with Crippen molar-refractivity contribution < 1.29 is 33.3 Å². The lowest BCUT2D eigenvalue weighted by Gasteiger charge is -2.14. The molecule has 0 spiro atoms. The van der Waals surface area contributed by atoms with Crippen LogP contribution >= 0.6 is 15.9 Å². The Morgan fingerprint density at radius 3 is 2.36 bits per heavy atom. The van der Waals surface area contributed by atoms with Crippen LogP contribution in [0.2, 0.25) is 0 Å². The van der Waals surface area contributed by atoms with Gasteiger partial charge in [-0.3, -0.25) is 20.4 Å². The van der Waals surface area contributed by atoms with Gasteiger partial charge in [-0.1, -0.05) is 15.9 Å². The molecule has 0 saturated carbocycles. The number of halogens is 1. The van der Waals surface area contributed by atoms with E-state index in [9.17, 15) is 14.4 Å². The maximum Gasteiger partial charge on any atom is 0.377 e. The largest absolute Gasteiger partial charge is 0.493 e. The average molecular weight is 415 g/mol. The van der Waals surface area contributed by atoms with Gasteiger partial charge in [0.05, 0.1) is 0 Å². The summed E-state index contributed by atoms with van der Waals surface area (Å²) in [4.78, 5) is 34.6. The van der Waals surface area contributed by atoms with Gasteiger partial charge in [0, 0.05) is 4.47 Å². The molecule has 1 aromatic rings. The van der Waals surface area contributed by atoms with Crippen molar-refractivity contribution >= 4 is 33.7 Å². The number of hydrazine groups is 1. The van der Waals surface area contributed by atoms with Gasteiger partial charge in [-0.25, -0.2) is 4.79 Å². The molecule has 0 saturated heterocycles. The minimum absolute atomic E-state index is 0.119. The normalized spacial score (nSPS) is 12.8. The Morgan fingerprint density at radius 2 is 1.72 bits per heavy atom. The van der Waals surface area contributed by atoms with Crippen LogP contribution in [0.4, 0.5) is 0 Å². The number of ether oxygens (including phenoxy) is 4. The van der Waals surface area contributed by atoms with Crippen molar-refractivity contribution in [2.45, 2.75) is 0 Å². The predicted molar refractivity (Wildman–Crippen MR) is 86.9 cm³/mol. The van der Waals surface area contributed by atoms with E-state index in [0.717, 1.165) is 10.7 Å². The summed E-state index contributed by atoms with van der Waals surface area (Å²) in [6.45, 7) is -0.319. The maximum absolute atomic E-state index is 11.6. The van der Waals surface area contributed by atoms with Crippen molar-refractivity contribution in [3.63, 3.8) is 0 Å². The SMILES string of the molecule is O=C(COC(=O)C1=COCCO1)NNC(=O)COc1ccc(Br)cc1. The highest BCUT2D eigenvalue weighted by atomic mass is 79.9. The van der Waals surface area contributed by atoms with E-state index in [-0.39, 0.29) is 19.0 Å². The van der Waals surface area contributed by atoms with Gasteiger partial charge in [-0.15, -0.1) is 0 Å². The predicted octanol–water partition coefficient (Wildman–Crippen LogP) is 0.407. The quantitative estimate of drug-likeness (QED) is 0.511. The second kappa shape index (κ2) is 9.52. The summed E-state index contributed by atoms with van der Waals surface area (Å²) in [5.74, 6) is -1.75. The summed E-state index contributed by atoms with van der Waals surface area (Å²) in [5, 5.41) is 0. The number of rotatable bonds is 6. The van der Waals surface area contributed by atoms with Crippen molar-refractivity contribution in [2.75, 3.05) is 26.4 Å². The molecule has 0 fully saturated rings. The van der Waals surface area contributed by atoms with Crippen molar-refractivity contribution in [3.8, 4) is 5.75 Å². The molecule has 1 aliphatic rings. The Balaban J connectivity index is 1.62. The third-order valence-electron chi connectivity index (χ3n) is 2.71. The summed E-state index contributed by atoms with van der Waals surface area (Å²) in [5.41, 5.74) is 4.22. The molecular formula is C15H15BrN2O7. The van der Waals surface area contributed by atoms with E-state index in [2.05, 4.69) is 26.8 Å². The first-order chi connectivity index (χ1) is 12.0. The summed E-state index contributed by atoms with van der Waals surface area (Å²) < 4.78 is 20.7. The van der Waals surface area contributed by atoms with Crippen LogP contribution in [0.5, 0.6) is 5.75 Å². The van der Waals surface area contributed by atoms with Crippen molar-refractivity contribution in [2.24, 2.45) is 0 Å². The zero-order valence-corrected chi connectivity index (χ0v) is 14.5. The van der Waals surface area contributed by atoms with Crippen LogP contribution in [-0.2, 0) is 28.6 Å². The van der Waals surface area contributed by atoms with Crippen LogP contribution in [0, 0.1) is 0 Å². The summed E-state index contributed by atoms with van der Waals surface area (Å²) in [6.07, 6.45) is 1.12. The number of amides is 2.